The van der Waals surface area contributed by atoms with E-state index < -0.39 is 0 Å². The van der Waals surface area contributed by atoms with Crippen molar-refractivity contribution in [3.05, 3.63) is 30.0 Å². The van der Waals surface area contributed by atoms with Gasteiger partial charge in [-0.1, -0.05) is 38.1 Å². The van der Waals surface area contributed by atoms with Crippen LogP contribution in [0.5, 0.6) is 0 Å². The summed E-state index contributed by atoms with van der Waals surface area (Å²) in [5, 5.41) is 23.7. The summed E-state index contributed by atoms with van der Waals surface area (Å²) < 4.78 is 0. The van der Waals surface area contributed by atoms with Gasteiger partial charge in [-0.25, -0.2) is 0 Å². The topological polar surface area (TPSA) is 58.0 Å². The summed E-state index contributed by atoms with van der Waals surface area (Å²) in [6, 6.07) is 8.07. The summed E-state index contributed by atoms with van der Waals surface area (Å²) in [4.78, 5) is 0. The van der Waals surface area contributed by atoms with Gasteiger partial charge < -0.3 is 10.4 Å². The van der Waals surface area contributed by atoms with Gasteiger partial charge in [-0.3, -0.25) is 0 Å². The summed E-state index contributed by atoms with van der Waals surface area (Å²) >= 11 is 0. The lowest BCUT2D eigenvalue weighted by molar-refractivity contribution is 0.202. The SMILES string of the molecule is CCC(CC)(CO)Nc1nnc(C)c2ccccc12. The summed E-state index contributed by atoms with van der Waals surface area (Å²) in [6.45, 7) is 6.18. The first-order valence-electron chi connectivity index (χ1n) is 6.77. The van der Waals surface area contributed by atoms with E-state index in [-0.39, 0.29) is 12.1 Å². The van der Waals surface area contributed by atoms with E-state index in [2.05, 4.69) is 29.4 Å². The number of nitrogens with one attached hydrogen (secondary N) is 1. The fraction of sp³-hybridized carbons (Fsp3) is 0.467. The molecule has 0 saturated carbocycles. The number of hydrogen-bond acceptors (Lipinski definition) is 4. The van der Waals surface area contributed by atoms with Crippen LogP contribution in [0.15, 0.2) is 24.3 Å². The Kier molecular flexibility index (Phi) is 4.00. The van der Waals surface area contributed by atoms with Crippen molar-refractivity contribution in [2.75, 3.05) is 11.9 Å². The number of aromatic nitrogens is 2. The van der Waals surface area contributed by atoms with Gasteiger partial charge in [0.2, 0.25) is 0 Å². The molecule has 2 aromatic rings. The number of hydrogen-bond donors (Lipinski definition) is 2. The number of benzene rings is 1. The zero-order valence-corrected chi connectivity index (χ0v) is 11.8. The third kappa shape index (κ3) is 2.54. The average Bonchev–Trinajstić information content (AvgIpc) is 2.48. The Morgan fingerprint density at radius 1 is 1.11 bits per heavy atom. The molecule has 0 unspecified atom stereocenters. The second-order valence-electron chi connectivity index (χ2n) is 4.95. The van der Waals surface area contributed by atoms with Crippen molar-refractivity contribution in [2.24, 2.45) is 0 Å². The Morgan fingerprint density at radius 2 is 1.74 bits per heavy atom. The number of nitrogens with zero attached hydrogens (tertiary/aromatic N) is 2. The molecule has 0 bridgehead atoms. The highest BCUT2D eigenvalue weighted by molar-refractivity contribution is 5.93. The van der Waals surface area contributed by atoms with E-state index in [4.69, 9.17) is 0 Å². The molecule has 0 aliphatic carbocycles. The molecular formula is C15H21N3O. The van der Waals surface area contributed by atoms with E-state index in [0.717, 1.165) is 35.1 Å². The van der Waals surface area contributed by atoms with Crippen LogP contribution in [0.25, 0.3) is 10.8 Å². The predicted molar refractivity (Wildman–Crippen MR) is 78.3 cm³/mol. The lowest BCUT2D eigenvalue weighted by Crippen LogP contribution is -2.41. The molecule has 0 saturated heterocycles. The Hall–Kier alpha value is -1.68. The van der Waals surface area contributed by atoms with E-state index in [1.165, 1.54) is 0 Å². The van der Waals surface area contributed by atoms with Gasteiger partial charge in [-0.15, -0.1) is 5.10 Å². The Balaban J connectivity index is 2.49. The summed E-state index contributed by atoms with van der Waals surface area (Å²) in [6.07, 6.45) is 1.67. The molecule has 4 heteroatoms. The smallest absolute Gasteiger partial charge is 0.157 e. The lowest BCUT2D eigenvalue weighted by atomic mass is 9.93. The molecule has 0 amide bonds. The van der Waals surface area contributed by atoms with Crippen molar-refractivity contribution < 1.29 is 5.11 Å². The molecule has 2 rings (SSSR count). The predicted octanol–water partition coefficient (Wildman–Crippen LogP) is 2.90. The van der Waals surface area contributed by atoms with E-state index in [9.17, 15) is 5.11 Å². The maximum absolute atomic E-state index is 9.65. The zero-order valence-electron chi connectivity index (χ0n) is 11.8. The number of anilines is 1. The quantitative estimate of drug-likeness (QED) is 0.867. The van der Waals surface area contributed by atoms with Crippen LogP contribution < -0.4 is 5.32 Å². The molecule has 0 aliphatic heterocycles. The van der Waals surface area contributed by atoms with Crippen LogP contribution in [-0.2, 0) is 0 Å². The van der Waals surface area contributed by atoms with Crippen LogP contribution in [0.4, 0.5) is 5.82 Å². The van der Waals surface area contributed by atoms with Gasteiger partial charge in [-0.2, -0.15) is 5.10 Å². The van der Waals surface area contributed by atoms with Crippen molar-refractivity contribution >= 4 is 16.6 Å². The van der Waals surface area contributed by atoms with Gasteiger partial charge in [0.15, 0.2) is 5.82 Å². The van der Waals surface area contributed by atoms with Crippen molar-refractivity contribution in [3.63, 3.8) is 0 Å². The fourth-order valence-electron chi connectivity index (χ4n) is 2.27. The van der Waals surface area contributed by atoms with Gasteiger partial charge in [0, 0.05) is 10.8 Å². The molecule has 0 radical (unpaired) electrons. The summed E-state index contributed by atoms with van der Waals surface area (Å²) in [5.41, 5.74) is 0.593. The van der Waals surface area contributed by atoms with E-state index in [1.807, 2.05) is 31.2 Å². The van der Waals surface area contributed by atoms with Gasteiger partial charge in [0.1, 0.15) is 0 Å². The lowest BCUT2D eigenvalue weighted by Gasteiger charge is -2.31. The van der Waals surface area contributed by atoms with Crippen LogP contribution in [0.2, 0.25) is 0 Å². The second-order valence-corrected chi connectivity index (χ2v) is 4.95. The third-order valence-corrected chi connectivity index (χ3v) is 3.91. The molecule has 1 aromatic carbocycles. The molecule has 0 aliphatic rings. The Bertz CT molecular complexity index is 556. The van der Waals surface area contributed by atoms with Crippen LogP contribution in [0, 0.1) is 6.92 Å². The van der Waals surface area contributed by atoms with Crippen molar-refractivity contribution in [1.82, 2.24) is 10.2 Å². The zero-order chi connectivity index (χ0) is 13.9. The number of aliphatic hydroxyl groups excluding tert-OH is 1. The highest BCUT2D eigenvalue weighted by atomic mass is 16.3. The minimum atomic E-state index is -0.327. The molecule has 1 aromatic heterocycles. The fourth-order valence-corrected chi connectivity index (χ4v) is 2.27. The van der Waals surface area contributed by atoms with Gasteiger partial charge >= 0.3 is 0 Å². The van der Waals surface area contributed by atoms with Crippen LogP contribution in [0.3, 0.4) is 0 Å². The van der Waals surface area contributed by atoms with Crippen molar-refractivity contribution in [3.8, 4) is 0 Å². The van der Waals surface area contributed by atoms with E-state index in [0.29, 0.717) is 0 Å². The molecule has 1 heterocycles. The Labute approximate surface area is 113 Å². The van der Waals surface area contributed by atoms with Crippen molar-refractivity contribution in [2.45, 2.75) is 39.2 Å². The number of aryl methyl sites for hydroxylation is 1. The van der Waals surface area contributed by atoms with E-state index >= 15 is 0 Å². The largest absolute Gasteiger partial charge is 0.394 e. The first kappa shape index (κ1) is 13.7. The molecular weight excluding hydrogens is 238 g/mol. The third-order valence-electron chi connectivity index (χ3n) is 3.91. The number of rotatable bonds is 5. The monoisotopic (exact) mass is 259 g/mol. The van der Waals surface area contributed by atoms with E-state index in [1.54, 1.807) is 0 Å². The Morgan fingerprint density at radius 3 is 2.32 bits per heavy atom. The number of fused-ring (bicyclic) bond motifs is 1. The molecule has 19 heavy (non-hydrogen) atoms. The average molecular weight is 259 g/mol. The molecule has 4 nitrogen and oxygen atoms in total. The van der Waals surface area contributed by atoms with Crippen LogP contribution >= 0.6 is 0 Å². The molecule has 2 N–H and O–H groups in total. The normalized spacial score (nSPS) is 11.8. The van der Waals surface area contributed by atoms with Gasteiger partial charge in [0.25, 0.3) is 0 Å². The summed E-state index contributed by atoms with van der Waals surface area (Å²) in [5.74, 6) is 0.749. The highest BCUT2D eigenvalue weighted by Gasteiger charge is 2.26. The molecule has 0 fully saturated rings. The van der Waals surface area contributed by atoms with Gasteiger partial charge in [0.05, 0.1) is 17.8 Å². The first-order chi connectivity index (χ1) is 9.15. The second kappa shape index (κ2) is 5.53. The van der Waals surface area contributed by atoms with Crippen LogP contribution in [0.1, 0.15) is 32.4 Å². The molecule has 0 spiro atoms. The summed E-state index contributed by atoms with van der Waals surface area (Å²) in [7, 11) is 0. The first-order valence-corrected chi connectivity index (χ1v) is 6.77. The van der Waals surface area contributed by atoms with Crippen LogP contribution in [-0.4, -0.2) is 27.4 Å². The maximum atomic E-state index is 9.65. The van der Waals surface area contributed by atoms with Crippen molar-refractivity contribution in [1.29, 1.82) is 0 Å². The maximum Gasteiger partial charge on any atom is 0.157 e. The number of aliphatic hydroxyl groups is 1. The standard InChI is InChI=1S/C15H21N3O/c1-4-15(5-2,10-19)16-14-13-9-7-6-8-12(13)11(3)17-18-14/h6-9,19H,4-5,10H2,1-3H3,(H,16,18). The van der Waals surface area contributed by atoms with Gasteiger partial charge in [-0.05, 0) is 19.8 Å². The minimum Gasteiger partial charge on any atom is -0.394 e. The highest BCUT2D eigenvalue weighted by Crippen LogP contribution is 2.27. The minimum absolute atomic E-state index is 0.0872. The molecule has 0 atom stereocenters. The molecule has 102 valence electrons.